The van der Waals surface area contributed by atoms with E-state index in [1.165, 1.54) is 5.56 Å². The van der Waals surface area contributed by atoms with E-state index in [2.05, 4.69) is 26.0 Å². The summed E-state index contributed by atoms with van der Waals surface area (Å²) in [5.74, 6) is 1.34. The normalized spacial score (nSPS) is 10.7. The molecule has 19 heavy (non-hydrogen) atoms. The van der Waals surface area contributed by atoms with E-state index in [1.807, 2.05) is 18.2 Å². The number of nitrogen functional groups attached to an aromatic ring is 1. The molecule has 2 aromatic rings. The van der Waals surface area contributed by atoms with E-state index < -0.39 is 0 Å². The van der Waals surface area contributed by atoms with Gasteiger partial charge in [0.1, 0.15) is 12.4 Å². The summed E-state index contributed by atoms with van der Waals surface area (Å²) < 4.78 is 5.78. The summed E-state index contributed by atoms with van der Waals surface area (Å²) in [7, 11) is 0. The lowest BCUT2D eigenvalue weighted by atomic mass is 10.0. The molecule has 2 aromatic carbocycles. The van der Waals surface area contributed by atoms with Gasteiger partial charge in [0, 0.05) is 16.3 Å². The van der Waals surface area contributed by atoms with Gasteiger partial charge in [-0.15, -0.1) is 0 Å². The minimum absolute atomic E-state index is 0.422. The second-order valence-corrected chi connectivity index (χ2v) is 5.27. The van der Waals surface area contributed by atoms with Crippen molar-refractivity contribution in [1.29, 1.82) is 0 Å². The second kappa shape index (κ2) is 5.98. The lowest BCUT2D eigenvalue weighted by Crippen LogP contribution is -1.98. The molecular formula is C16H18ClNO. The highest BCUT2D eigenvalue weighted by Gasteiger charge is 2.04. The molecule has 3 heteroatoms. The fraction of sp³-hybridized carbons (Fsp3) is 0.250. The van der Waals surface area contributed by atoms with Gasteiger partial charge in [0.25, 0.3) is 0 Å². The largest absolute Gasteiger partial charge is 0.489 e. The fourth-order valence-corrected chi connectivity index (χ4v) is 2.00. The third-order valence-electron chi connectivity index (χ3n) is 2.99. The van der Waals surface area contributed by atoms with Gasteiger partial charge < -0.3 is 10.5 Å². The summed E-state index contributed by atoms with van der Waals surface area (Å²) in [6, 6.07) is 13.5. The van der Waals surface area contributed by atoms with Gasteiger partial charge in [0.2, 0.25) is 0 Å². The van der Waals surface area contributed by atoms with Gasteiger partial charge in [-0.25, -0.2) is 0 Å². The topological polar surface area (TPSA) is 35.2 Å². The molecule has 0 saturated carbocycles. The number of halogens is 1. The standard InChI is InChI=1S/C16H18ClNO/c1-11(2)12-4-3-5-15(9-12)19-10-13-8-14(18)6-7-16(13)17/h3-9,11H,10,18H2,1-2H3. The highest BCUT2D eigenvalue weighted by atomic mass is 35.5. The zero-order valence-corrected chi connectivity index (χ0v) is 11.9. The van der Waals surface area contributed by atoms with Crippen molar-refractivity contribution in [1.82, 2.24) is 0 Å². The van der Waals surface area contributed by atoms with Crippen LogP contribution in [0.1, 0.15) is 30.9 Å². The molecule has 0 aliphatic carbocycles. The van der Waals surface area contributed by atoms with E-state index in [0.29, 0.717) is 23.2 Å². The number of rotatable bonds is 4. The Morgan fingerprint density at radius 1 is 1.16 bits per heavy atom. The predicted octanol–water partition coefficient (Wildman–Crippen LogP) is 4.62. The van der Waals surface area contributed by atoms with Crippen LogP contribution in [-0.2, 0) is 6.61 Å². The van der Waals surface area contributed by atoms with Crippen LogP contribution in [0.25, 0.3) is 0 Å². The lowest BCUT2D eigenvalue weighted by Gasteiger charge is -2.11. The Labute approximate surface area is 119 Å². The summed E-state index contributed by atoms with van der Waals surface area (Å²) in [6.45, 7) is 4.74. The Kier molecular flexibility index (Phi) is 4.33. The summed E-state index contributed by atoms with van der Waals surface area (Å²) in [5.41, 5.74) is 8.60. The molecule has 100 valence electrons. The number of hydrogen-bond acceptors (Lipinski definition) is 2. The van der Waals surface area contributed by atoms with Crippen molar-refractivity contribution < 1.29 is 4.74 Å². The smallest absolute Gasteiger partial charge is 0.120 e. The molecular weight excluding hydrogens is 258 g/mol. The summed E-state index contributed by atoms with van der Waals surface area (Å²) in [4.78, 5) is 0. The van der Waals surface area contributed by atoms with E-state index in [4.69, 9.17) is 22.1 Å². The molecule has 0 atom stereocenters. The molecule has 0 amide bonds. The Balaban J connectivity index is 2.10. The van der Waals surface area contributed by atoms with Gasteiger partial charge >= 0.3 is 0 Å². The molecule has 0 bridgehead atoms. The molecule has 0 fully saturated rings. The van der Waals surface area contributed by atoms with E-state index in [-0.39, 0.29) is 0 Å². The predicted molar refractivity (Wildman–Crippen MR) is 80.7 cm³/mol. The molecule has 2 N–H and O–H groups in total. The highest BCUT2D eigenvalue weighted by Crippen LogP contribution is 2.23. The van der Waals surface area contributed by atoms with E-state index in [9.17, 15) is 0 Å². The van der Waals surface area contributed by atoms with Crippen LogP contribution in [0.2, 0.25) is 5.02 Å². The first-order valence-electron chi connectivity index (χ1n) is 6.33. The average Bonchev–Trinajstić information content (AvgIpc) is 2.40. The monoisotopic (exact) mass is 275 g/mol. The Bertz CT molecular complexity index is 566. The molecule has 0 aliphatic heterocycles. The average molecular weight is 276 g/mol. The third kappa shape index (κ3) is 3.65. The Morgan fingerprint density at radius 2 is 1.95 bits per heavy atom. The van der Waals surface area contributed by atoms with E-state index in [1.54, 1.807) is 12.1 Å². The molecule has 2 rings (SSSR count). The first-order valence-corrected chi connectivity index (χ1v) is 6.70. The van der Waals surface area contributed by atoms with Crippen LogP contribution in [0.4, 0.5) is 5.69 Å². The molecule has 2 nitrogen and oxygen atoms in total. The minimum atomic E-state index is 0.422. The summed E-state index contributed by atoms with van der Waals surface area (Å²) in [5, 5.41) is 0.675. The van der Waals surface area contributed by atoms with Crippen molar-refractivity contribution in [3.8, 4) is 5.75 Å². The SMILES string of the molecule is CC(C)c1cccc(OCc2cc(N)ccc2Cl)c1. The number of anilines is 1. The number of hydrogen-bond donors (Lipinski definition) is 1. The zero-order valence-electron chi connectivity index (χ0n) is 11.2. The Morgan fingerprint density at radius 3 is 2.68 bits per heavy atom. The number of benzene rings is 2. The van der Waals surface area contributed by atoms with Crippen molar-refractivity contribution in [3.63, 3.8) is 0 Å². The van der Waals surface area contributed by atoms with Crippen molar-refractivity contribution >= 4 is 17.3 Å². The van der Waals surface area contributed by atoms with E-state index >= 15 is 0 Å². The van der Waals surface area contributed by atoms with Gasteiger partial charge in [-0.3, -0.25) is 0 Å². The molecule has 0 saturated heterocycles. The third-order valence-corrected chi connectivity index (χ3v) is 3.36. The molecule has 0 aromatic heterocycles. The lowest BCUT2D eigenvalue weighted by molar-refractivity contribution is 0.306. The van der Waals surface area contributed by atoms with E-state index in [0.717, 1.165) is 11.3 Å². The van der Waals surface area contributed by atoms with Crippen LogP contribution >= 0.6 is 11.6 Å². The number of nitrogens with two attached hydrogens (primary N) is 1. The van der Waals surface area contributed by atoms with Gasteiger partial charge in [-0.05, 0) is 41.8 Å². The van der Waals surface area contributed by atoms with Crippen molar-refractivity contribution in [2.45, 2.75) is 26.4 Å². The fourth-order valence-electron chi connectivity index (χ4n) is 1.83. The molecule has 0 unspecified atom stereocenters. The molecule has 0 radical (unpaired) electrons. The van der Waals surface area contributed by atoms with Crippen LogP contribution in [-0.4, -0.2) is 0 Å². The molecule has 0 aliphatic rings. The van der Waals surface area contributed by atoms with Gasteiger partial charge in [-0.1, -0.05) is 37.6 Å². The van der Waals surface area contributed by atoms with Crippen LogP contribution in [0.15, 0.2) is 42.5 Å². The van der Waals surface area contributed by atoms with Crippen LogP contribution in [0.5, 0.6) is 5.75 Å². The van der Waals surface area contributed by atoms with Crippen LogP contribution < -0.4 is 10.5 Å². The molecule has 0 heterocycles. The van der Waals surface area contributed by atoms with Gasteiger partial charge in [0.15, 0.2) is 0 Å². The Hall–Kier alpha value is -1.67. The maximum atomic E-state index is 6.11. The van der Waals surface area contributed by atoms with Crippen LogP contribution in [0, 0.1) is 0 Å². The molecule has 0 spiro atoms. The maximum Gasteiger partial charge on any atom is 0.120 e. The van der Waals surface area contributed by atoms with Gasteiger partial charge in [0.05, 0.1) is 0 Å². The quantitative estimate of drug-likeness (QED) is 0.826. The summed E-state index contributed by atoms with van der Waals surface area (Å²) >= 11 is 6.11. The summed E-state index contributed by atoms with van der Waals surface area (Å²) in [6.07, 6.45) is 0. The van der Waals surface area contributed by atoms with Gasteiger partial charge in [-0.2, -0.15) is 0 Å². The first kappa shape index (κ1) is 13.8. The van der Waals surface area contributed by atoms with Crippen molar-refractivity contribution in [3.05, 3.63) is 58.6 Å². The highest BCUT2D eigenvalue weighted by molar-refractivity contribution is 6.31. The first-order chi connectivity index (χ1) is 9.06. The zero-order chi connectivity index (χ0) is 13.8. The van der Waals surface area contributed by atoms with Crippen molar-refractivity contribution in [2.75, 3.05) is 5.73 Å². The maximum absolute atomic E-state index is 6.11. The number of ether oxygens (including phenoxy) is 1. The minimum Gasteiger partial charge on any atom is -0.489 e. The van der Waals surface area contributed by atoms with Crippen LogP contribution in [0.3, 0.4) is 0 Å². The van der Waals surface area contributed by atoms with Crippen molar-refractivity contribution in [2.24, 2.45) is 0 Å². The second-order valence-electron chi connectivity index (χ2n) is 4.87.